The molecule has 1 aliphatic heterocycles. The molecular formula is C12H19F3N4. The van der Waals surface area contributed by atoms with Gasteiger partial charge in [0, 0.05) is 25.8 Å². The van der Waals surface area contributed by atoms with Crippen LogP contribution in [-0.2, 0) is 13.6 Å². The van der Waals surface area contributed by atoms with E-state index in [1.165, 1.54) is 4.90 Å². The fourth-order valence-electron chi connectivity index (χ4n) is 2.36. The lowest BCUT2D eigenvalue weighted by Gasteiger charge is -2.32. The summed E-state index contributed by atoms with van der Waals surface area (Å²) >= 11 is 0. The number of nitrogens with zero attached hydrogens (tertiary/aromatic N) is 3. The van der Waals surface area contributed by atoms with E-state index >= 15 is 0 Å². The third kappa shape index (κ3) is 4.83. The van der Waals surface area contributed by atoms with Crippen LogP contribution < -0.4 is 5.32 Å². The number of alkyl halides is 3. The summed E-state index contributed by atoms with van der Waals surface area (Å²) in [7, 11) is 1.86. The van der Waals surface area contributed by atoms with Gasteiger partial charge in [-0.1, -0.05) is 0 Å². The zero-order valence-electron chi connectivity index (χ0n) is 11.0. The van der Waals surface area contributed by atoms with Crippen LogP contribution in [0.4, 0.5) is 13.2 Å². The van der Waals surface area contributed by atoms with Gasteiger partial charge in [0.1, 0.15) is 0 Å². The fraction of sp³-hybridized carbons (Fsp3) is 0.750. The molecule has 108 valence electrons. The maximum Gasteiger partial charge on any atom is 0.401 e. The Bertz CT molecular complexity index is 394. The molecule has 0 unspecified atom stereocenters. The summed E-state index contributed by atoms with van der Waals surface area (Å²) in [5, 5.41) is 7.60. The topological polar surface area (TPSA) is 33.1 Å². The first kappa shape index (κ1) is 14.3. The summed E-state index contributed by atoms with van der Waals surface area (Å²) < 4.78 is 38.5. The van der Waals surface area contributed by atoms with E-state index in [-0.39, 0.29) is 6.04 Å². The number of aromatic nitrogens is 2. The van der Waals surface area contributed by atoms with Gasteiger partial charge in [0.2, 0.25) is 0 Å². The molecule has 0 bridgehead atoms. The first-order valence-corrected chi connectivity index (χ1v) is 6.43. The van der Waals surface area contributed by atoms with Crippen molar-refractivity contribution in [2.24, 2.45) is 7.05 Å². The Morgan fingerprint density at radius 1 is 1.37 bits per heavy atom. The van der Waals surface area contributed by atoms with Crippen molar-refractivity contribution in [1.82, 2.24) is 20.0 Å². The zero-order valence-corrected chi connectivity index (χ0v) is 11.0. The molecule has 0 atom stereocenters. The van der Waals surface area contributed by atoms with Crippen molar-refractivity contribution in [2.45, 2.75) is 31.6 Å². The molecule has 2 heterocycles. The van der Waals surface area contributed by atoms with Crippen molar-refractivity contribution >= 4 is 0 Å². The van der Waals surface area contributed by atoms with Gasteiger partial charge >= 0.3 is 6.18 Å². The van der Waals surface area contributed by atoms with Crippen LogP contribution in [0.2, 0.25) is 0 Å². The monoisotopic (exact) mass is 276 g/mol. The number of halogens is 3. The lowest BCUT2D eigenvalue weighted by molar-refractivity contribution is -0.148. The summed E-state index contributed by atoms with van der Waals surface area (Å²) in [5.74, 6) is 0. The molecule has 2 rings (SSSR count). The third-order valence-electron chi connectivity index (χ3n) is 3.33. The molecule has 7 heteroatoms. The van der Waals surface area contributed by atoms with E-state index in [2.05, 4.69) is 10.4 Å². The Kier molecular flexibility index (Phi) is 4.46. The molecule has 0 aliphatic carbocycles. The average molecular weight is 276 g/mol. The highest BCUT2D eigenvalue weighted by molar-refractivity contribution is 4.98. The minimum absolute atomic E-state index is 0.284. The van der Waals surface area contributed by atoms with Crippen LogP contribution in [0.15, 0.2) is 12.3 Å². The molecule has 1 fully saturated rings. The van der Waals surface area contributed by atoms with Gasteiger partial charge in [-0.25, -0.2) is 0 Å². The van der Waals surface area contributed by atoms with Crippen LogP contribution in [0.5, 0.6) is 0 Å². The summed E-state index contributed by atoms with van der Waals surface area (Å²) in [5.41, 5.74) is 0.959. The quantitative estimate of drug-likeness (QED) is 0.905. The van der Waals surface area contributed by atoms with E-state index in [1.54, 1.807) is 4.68 Å². The molecule has 1 aliphatic rings. The molecule has 0 amide bonds. The van der Waals surface area contributed by atoms with Gasteiger partial charge in [-0.15, -0.1) is 0 Å². The van der Waals surface area contributed by atoms with Crippen LogP contribution in [0.3, 0.4) is 0 Å². The van der Waals surface area contributed by atoms with Crippen molar-refractivity contribution in [1.29, 1.82) is 0 Å². The van der Waals surface area contributed by atoms with Crippen molar-refractivity contribution in [2.75, 3.05) is 19.6 Å². The molecule has 4 nitrogen and oxygen atoms in total. The normalized spacial score (nSPS) is 18.9. The van der Waals surface area contributed by atoms with Crippen molar-refractivity contribution in [3.8, 4) is 0 Å². The fourth-order valence-corrected chi connectivity index (χ4v) is 2.36. The second-order valence-electron chi connectivity index (χ2n) is 5.03. The molecule has 0 radical (unpaired) electrons. The molecule has 19 heavy (non-hydrogen) atoms. The highest BCUT2D eigenvalue weighted by atomic mass is 19.4. The van der Waals surface area contributed by atoms with Crippen LogP contribution in [0, 0.1) is 0 Å². The van der Waals surface area contributed by atoms with Crippen LogP contribution in [0.25, 0.3) is 0 Å². The van der Waals surface area contributed by atoms with Gasteiger partial charge in [0.05, 0.1) is 12.2 Å². The molecule has 0 saturated carbocycles. The summed E-state index contributed by atoms with van der Waals surface area (Å²) in [6.45, 7) is 0.879. The number of hydrogen-bond acceptors (Lipinski definition) is 3. The summed E-state index contributed by atoms with van der Waals surface area (Å²) in [6, 6.07) is 2.22. The predicted molar refractivity (Wildman–Crippen MR) is 65.6 cm³/mol. The number of likely N-dealkylation sites (tertiary alicyclic amines) is 1. The maximum atomic E-state index is 12.2. The average Bonchev–Trinajstić information content (AvgIpc) is 2.72. The first-order chi connectivity index (χ1) is 8.92. The summed E-state index contributed by atoms with van der Waals surface area (Å²) in [4.78, 5) is 1.47. The molecule has 0 spiro atoms. The predicted octanol–water partition coefficient (Wildman–Crippen LogP) is 1.54. The van der Waals surface area contributed by atoms with E-state index in [0.29, 0.717) is 19.6 Å². The SMILES string of the molecule is Cn1ccc(CNC2CCN(CC(F)(F)F)CC2)n1. The molecule has 1 N–H and O–H groups in total. The number of hydrogen-bond donors (Lipinski definition) is 1. The van der Waals surface area contributed by atoms with E-state index in [9.17, 15) is 13.2 Å². The number of aryl methyl sites for hydroxylation is 1. The van der Waals surface area contributed by atoms with Gasteiger partial charge in [-0.3, -0.25) is 9.58 Å². The minimum Gasteiger partial charge on any atom is -0.308 e. The summed E-state index contributed by atoms with van der Waals surface area (Å²) in [6.07, 6.45) is -0.705. The van der Waals surface area contributed by atoms with Crippen molar-refractivity contribution in [3.63, 3.8) is 0 Å². The van der Waals surface area contributed by atoms with Crippen molar-refractivity contribution < 1.29 is 13.2 Å². The second-order valence-corrected chi connectivity index (χ2v) is 5.03. The minimum atomic E-state index is -4.09. The Hall–Kier alpha value is -1.08. The third-order valence-corrected chi connectivity index (χ3v) is 3.33. The largest absolute Gasteiger partial charge is 0.401 e. The lowest BCUT2D eigenvalue weighted by Crippen LogP contribution is -2.45. The lowest BCUT2D eigenvalue weighted by atomic mass is 10.0. The molecular weight excluding hydrogens is 257 g/mol. The Morgan fingerprint density at radius 3 is 2.58 bits per heavy atom. The van der Waals surface area contributed by atoms with Gasteiger partial charge in [0.25, 0.3) is 0 Å². The van der Waals surface area contributed by atoms with Gasteiger partial charge < -0.3 is 5.32 Å². The Labute approximate surface area is 110 Å². The van der Waals surface area contributed by atoms with E-state index in [4.69, 9.17) is 0 Å². The van der Waals surface area contributed by atoms with E-state index < -0.39 is 12.7 Å². The Balaban J connectivity index is 1.69. The first-order valence-electron chi connectivity index (χ1n) is 6.43. The van der Waals surface area contributed by atoms with Gasteiger partial charge in [-0.05, 0) is 32.0 Å². The molecule has 1 aromatic rings. The molecule has 1 saturated heterocycles. The highest BCUT2D eigenvalue weighted by Crippen LogP contribution is 2.19. The van der Waals surface area contributed by atoms with Crippen LogP contribution in [-0.4, -0.2) is 46.5 Å². The van der Waals surface area contributed by atoms with Crippen LogP contribution in [0.1, 0.15) is 18.5 Å². The van der Waals surface area contributed by atoms with E-state index in [0.717, 1.165) is 18.5 Å². The van der Waals surface area contributed by atoms with Crippen molar-refractivity contribution in [3.05, 3.63) is 18.0 Å². The second kappa shape index (κ2) is 5.92. The van der Waals surface area contributed by atoms with Gasteiger partial charge in [-0.2, -0.15) is 18.3 Å². The molecule has 1 aromatic heterocycles. The number of nitrogens with one attached hydrogen (secondary N) is 1. The standard InChI is InChI=1S/C12H19F3N4/c1-18-5-2-11(17-18)8-16-10-3-6-19(7-4-10)9-12(13,14)15/h2,5,10,16H,3-4,6-9H2,1H3. The van der Waals surface area contributed by atoms with E-state index in [1.807, 2.05) is 19.3 Å². The maximum absolute atomic E-state index is 12.2. The Morgan fingerprint density at radius 2 is 2.05 bits per heavy atom. The molecule has 0 aromatic carbocycles. The van der Waals surface area contributed by atoms with Gasteiger partial charge in [0.15, 0.2) is 0 Å². The number of rotatable bonds is 4. The van der Waals surface area contributed by atoms with Crippen LogP contribution >= 0.6 is 0 Å². The smallest absolute Gasteiger partial charge is 0.308 e. The zero-order chi connectivity index (χ0) is 13.9. The number of piperidine rings is 1. The highest BCUT2D eigenvalue weighted by Gasteiger charge is 2.32.